The van der Waals surface area contributed by atoms with Gasteiger partial charge in [-0.05, 0) is 31.4 Å². The molecule has 2 amide bonds. The lowest BCUT2D eigenvalue weighted by Gasteiger charge is -2.41. The second-order valence-electron chi connectivity index (χ2n) is 7.17. The molecule has 26 heavy (non-hydrogen) atoms. The third-order valence-electron chi connectivity index (χ3n) is 5.22. The van der Waals surface area contributed by atoms with Gasteiger partial charge in [-0.1, -0.05) is 0 Å². The first-order valence-electron chi connectivity index (χ1n) is 9.11. The molecule has 1 N–H and O–H groups in total. The van der Waals surface area contributed by atoms with Crippen LogP contribution in [-0.2, 0) is 11.8 Å². The van der Waals surface area contributed by atoms with E-state index in [2.05, 4.69) is 15.4 Å². The summed E-state index contributed by atoms with van der Waals surface area (Å²) in [4.78, 5) is 31.0. The largest absolute Gasteiger partial charge is 0.352 e. The zero-order valence-corrected chi connectivity index (χ0v) is 14.8. The van der Waals surface area contributed by atoms with Gasteiger partial charge in [0, 0.05) is 56.1 Å². The number of nitrogens with zero attached hydrogens (tertiary/aromatic N) is 4. The van der Waals surface area contributed by atoms with Crippen LogP contribution < -0.4 is 5.32 Å². The average molecular weight is 353 g/mol. The first-order valence-corrected chi connectivity index (χ1v) is 9.11. The van der Waals surface area contributed by atoms with E-state index in [-0.39, 0.29) is 23.8 Å². The number of carbonyl (C=O) groups excluding carboxylic acids is 2. The van der Waals surface area contributed by atoms with Gasteiger partial charge in [0.2, 0.25) is 5.91 Å². The van der Waals surface area contributed by atoms with Crippen molar-refractivity contribution in [2.45, 2.75) is 37.8 Å². The molecule has 2 aromatic rings. The van der Waals surface area contributed by atoms with Gasteiger partial charge in [0.1, 0.15) is 0 Å². The van der Waals surface area contributed by atoms with Crippen LogP contribution in [-0.4, -0.2) is 44.1 Å². The van der Waals surface area contributed by atoms with Crippen LogP contribution in [0.2, 0.25) is 0 Å². The Kier molecular flexibility index (Phi) is 4.44. The standard InChI is InChI=1S/C19H23N5O2/c1-23-12-15(11-22-23)18-13(4-7-17(25)24(18)16-5-6-16)10-21-19(26)14-3-2-8-20-9-14/h2-3,8-9,11-13,16,18H,4-7,10H2,1H3,(H,21,26)/t13-,18+/m1/s1. The predicted octanol–water partition coefficient (Wildman–Crippen LogP) is 1.69. The van der Waals surface area contributed by atoms with Crippen molar-refractivity contribution in [1.82, 2.24) is 25.0 Å². The summed E-state index contributed by atoms with van der Waals surface area (Å²) in [5.41, 5.74) is 1.60. The zero-order chi connectivity index (χ0) is 18.1. The summed E-state index contributed by atoms with van der Waals surface area (Å²) >= 11 is 0. The smallest absolute Gasteiger partial charge is 0.252 e. The number of aromatic nitrogens is 3. The number of hydrogen-bond acceptors (Lipinski definition) is 4. The molecule has 1 saturated carbocycles. The maximum absolute atomic E-state index is 12.6. The molecule has 2 atom stereocenters. The molecule has 0 spiro atoms. The van der Waals surface area contributed by atoms with Crippen LogP contribution in [0.4, 0.5) is 0 Å². The highest BCUT2D eigenvalue weighted by atomic mass is 16.2. The summed E-state index contributed by atoms with van der Waals surface area (Å²) < 4.78 is 1.77. The maximum atomic E-state index is 12.6. The summed E-state index contributed by atoms with van der Waals surface area (Å²) in [6.45, 7) is 0.532. The molecule has 1 aliphatic heterocycles. The second kappa shape index (κ2) is 6.90. The fourth-order valence-corrected chi connectivity index (χ4v) is 3.82. The lowest BCUT2D eigenvalue weighted by atomic mass is 9.85. The Hall–Kier alpha value is -2.70. The van der Waals surface area contributed by atoms with E-state index in [0.29, 0.717) is 24.6 Å². The zero-order valence-electron chi connectivity index (χ0n) is 14.8. The molecule has 0 aromatic carbocycles. The van der Waals surface area contributed by atoms with Crippen molar-refractivity contribution >= 4 is 11.8 Å². The Morgan fingerprint density at radius 3 is 2.81 bits per heavy atom. The van der Waals surface area contributed by atoms with Crippen molar-refractivity contribution in [1.29, 1.82) is 0 Å². The van der Waals surface area contributed by atoms with E-state index in [1.807, 2.05) is 24.3 Å². The number of pyridine rings is 1. The van der Waals surface area contributed by atoms with E-state index in [0.717, 1.165) is 24.8 Å². The Balaban J connectivity index is 1.53. The third-order valence-corrected chi connectivity index (χ3v) is 5.22. The minimum absolute atomic E-state index is 0.0216. The lowest BCUT2D eigenvalue weighted by molar-refractivity contribution is -0.139. The molecule has 0 radical (unpaired) electrons. The van der Waals surface area contributed by atoms with Crippen LogP contribution in [0.1, 0.15) is 47.6 Å². The van der Waals surface area contributed by atoms with Gasteiger partial charge < -0.3 is 10.2 Å². The van der Waals surface area contributed by atoms with Gasteiger partial charge in [-0.2, -0.15) is 5.10 Å². The highest BCUT2D eigenvalue weighted by molar-refractivity contribution is 5.93. The lowest BCUT2D eigenvalue weighted by Crippen LogP contribution is -2.47. The van der Waals surface area contributed by atoms with Crippen molar-refractivity contribution in [2.75, 3.05) is 6.54 Å². The van der Waals surface area contributed by atoms with Gasteiger partial charge >= 0.3 is 0 Å². The summed E-state index contributed by atoms with van der Waals surface area (Å²) in [5, 5.41) is 7.32. The van der Waals surface area contributed by atoms with Crippen molar-refractivity contribution in [2.24, 2.45) is 13.0 Å². The Morgan fingerprint density at radius 1 is 1.31 bits per heavy atom. The maximum Gasteiger partial charge on any atom is 0.252 e. The van der Waals surface area contributed by atoms with Gasteiger partial charge in [0.05, 0.1) is 17.8 Å². The summed E-state index contributed by atoms with van der Waals surface area (Å²) in [6, 6.07) is 3.82. The molecule has 7 heteroatoms. The highest BCUT2D eigenvalue weighted by Crippen LogP contribution is 2.43. The molecule has 136 valence electrons. The van der Waals surface area contributed by atoms with E-state index in [1.165, 1.54) is 0 Å². The second-order valence-corrected chi connectivity index (χ2v) is 7.17. The number of hydrogen-bond donors (Lipinski definition) is 1. The molecule has 7 nitrogen and oxygen atoms in total. The normalized spacial score (nSPS) is 23.1. The van der Waals surface area contributed by atoms with Crippen molar-refractivity contribution < 1.29 is 9.59 Å². The van der Waals surface area contributed by atoms with E-state index >= 15 is 0 Å². The summed E-state index contributed by atoms with van der Waals surface area (Å²) in [7, 11) is 1.88. The van der Waals surface area contributed by atoms with Gasteiger partial charge in [-0.15, -0.1) is 0 Å². The molecule has 0 unspecified atom stereocenters. The highest BCUT2D eigenvalue weighted by Gasteiger charge is 2.44. The first kappa shape index (κ1) is 16.8. The Morgan fingerprint density at radius 2 is 2.15 bits per heavy atom. The molecule has 1 aliphatic carbocycles. The summed E-state index contributed by atoms with van der Waals surface area (Å²) in [5.74, 6) is 0.271. The van der Waals surface area contributed by atoms with E-state index in [1.54, 1.807) is 29.2 Å². The molecule has 2 aromatic heterocycles. The molecule has 2 fully saturated rings. The number of carbonyl (C=O) groups is 2. The number of nitrogens with one attached hydrogen (secondary N) is 1. The minimum atomic E-state index is -0.127. The molecule has 3 heterocycles. The van der Waals surface area contributed by atoms with Crippen LogP contribution in [0, 0.1) is 5.92 Å². The van der Waals surface area contributed by atoms with Crippen LogP contribution >= 0.6 is 0 Å². The van der Waals surface area contributed by atoms with Crippen LogP contribution in [0.3, 0.4) is 0 Å². The van der Waals surface area contributed by atoms with Gasteiger partial charge in [0.15, 0.2) is 0 Å². The van der Waals surface area contributed by atoms with E-state index in [4.69, 9.17) is 0 Å². The van der Waals surface area contributed by atoms with Gasteiger partial charge in [0.25, 0.3) is 5.91 Å². The van der Waals surface area contributed by atoms with E-state index in [9.17, 15) is 9.59 Å². The van der Waals surface area contributed by atoms with Crippen LogP contribution in [0.5, 0.6) is 0 Å². The van der Waals surface area contributed by atoms with Crippen LogP contribution in [0.25, 0.3) is 0 Å². The Bertz CT molecular complexity index is 799. The molecule has 2 aliphatic rings. The number of amides is 2. The van der Waals surface area contributed by atoms with Crippen molar-refractivity contribution in [3.63, 3.8) is 0 Å². The molecular formula is C19H23N5O2. The first-order chi connectivity index (χ1) is 12.6. The number of rotatable bonds is 5. The van der Waals surface area contributed by atoms with E-state index < -0.39 is 0 Å². The fraction of sp³-hybridized carbons (Fsp3) is 0.474. The fourth-order valence-electron chi connectivity index (χ4n) is 3.82. The van der Waals surface area contributed by atoms with Gasteiger partial charge in [-0.3, -0.25) is 19.3 Å². The molecule has 1 saturated heterocycles. The summed E-state index contributed by atoms with van der Waals surface area (Å²) in [6.07, 6.45) is 10.5. The van der Waals surface area contributed by atoms with Crippen molar-refractivity contribution in [3.05, 3.63) is 48.0 Å². The van der Waals surface area contributed by atoms with Crippen LogP contribution in [0.15, 0.2) is 36.9 Å². The average Bonchev–Trinajstić information content (AvgIpc) is 3.41. The molecule has 4 rings (SSSR count). The minimum Gasteiger partial charge on any atom is -0.352 e. The quantitative estimate of drug-likeness (QED) is 0.887. The Labute approximate surface area is 152 Å². The number of aryl methyl sites for hydroxylation is 1. The number of likely N-dealkylation sites (tertiary alicyclic amines) is 1. The third kappa shape index (κ3) is 3.34. The molecule has 0 bridgehead atoms. The monoisotopic (exact) mass is 353 g/mol. The number of piperidine rings is 1. The SMILES string of the molecule is Cn1cc([C@@H]2[C@@H](CNC(=O)c3cccnc3)CCC(=O)N2C2CC2)cn1. The predicted molar refractivity (Wildman–Crippen MR) is 95.1 cm³/mol. The van der Waals surface area contributed by atoms with Gasteiger partial charge in [-0.25, -0.2) is 0 Å². The van der Waals surface area contributed by atoms with Crippen molar-refractivity contribution in [3.8, 4) is 0 Å². The molecular weight excluding hydrogens is 330 g/mol. The topological polar surface area (TPSA) is 80.1 Å².